The molecule has 22 heavy (non-hydrogen) atoms. The highest BCUT2D eigenvalue weighted by Crippen LogP contribution is 2.60. The molecule has 0 aromatic carbocycles. The summed E-state index contributed by atoms with van der Waals surface area (Å²) in [6, 6.07) is 0. The smallest absolute Gasteiger partial charge is 0.298 e. The third-order valence-corrected chi connectivity index (χ3v) is 9.49. The maximum Gasteiger partial charge on any atom is 0.523 e. The lowest BCUT2D eigenvalue weighted by Gasteiger charge is -2.46. The Morgan fingerprint density at radius 3 is 1.59 bits per heavy atom. The zero-order valence-electron chi connectivity index (χ0n) is 13.9. The van der Waals surface area contributed by atoms with Crippen molar-refractivity contribution in [3.8, 4) is 0 Å². The van der Waals surface area contributed by atoms with E-state index < -0.39 is 41.9 Å². The van der Waals surface area contributed by atoms with Gasteiger partial charge in [-0.25, -0.2) is 3.63 Å². The van der Waals surface area contributed by atoms with Gasteiger partial charge in [-0.2, -0.15) is 21.6 Å². The normalized spacial score (nSPS) is 15.5. The zero-order chi connectivity index (χ0) is 18.1. The van der Waals surface area contributed by atoms with E-state index in [0.717, 1.165) is 0 Å². The largest absolute Gasteiger partial charge is 0.523 e. The van der Waals surface area contributed by atoms with Crippen LogP contribution in [0.15, 0.2) is 0 Å². The van der Waals surface area contributed by atoms with Gasteiger partial charge in [0, 0.05) is 15.9 Å². The molecule has 0 aromatic heterocycles. The molecule has 4 nitrogen and oxygen atoms in total. The molecule has 0 bridgehead atoms. The first-order valence-corrected chi connectivity index (χ1v) is 10.1. The van der Waals surface area contributed by atoms with E-state index in [9.17, 15) is 26.4 Å². The number of hydrogen-bond donors (Lipinski definition) is 0. The summed E-state index contributed by atoms with van der Waals surface area (Å²) in [6.45, 7) is 11.2. The van der Waals surface area contributed by atoms with Crippen LogP contribution in [-0.2, 0) is 18.5 Å². The lowest BCUT2D eigenvalue weighted by molar-refractivity contribution is -0.123. The van der Waals surface area contributed by atoms with Crippen LogP contribution in [-0.4, -0.2) is 36.0 Å². The Labute approximate surface area is 132 Å². The summed E-state index contributed by atoms with van der Waals surface area (Å²) in [7, 11) is -8.56. The standard InChI is InChI=1S/C13H25F3O4S2/c1-9(2)21(10(3)4,8-11(17)12(5,6)7)20-22(18,19)13(14,15)16/h9-10H,8H2,1-7H3. The Balaban J connectivity index is 5.90. The number of hydrogen-bond acceptors (Lipinski definition) is 4. The molecule has 0 radical (unpaired) electrons. The Hall–Kier alpha value is -0.280. The third kappa shape index (κ3) is 4.86. The van der Waals surface area contributed by atoms with Crippen molar-refractivity contribution in [1.82, 2.24) is 0 Å². The molecule has 0 fully saturated rings. The first-order valence-electron chi connectivity index (χ1n) is 6.81. The van der Waals surface area contributed by atoms with Crippen molar-refractivity contribution in [3.05, 3.63) is 0 Å². The SMILES string of the molecule is CC(C)S(CC(=O)C(C)(C)C)(OS(=O)(=O)C(F)(F)F)C(C)C. The van der Waals surface area contributed by atoms with Crippen molar-refractivity contribution < 1.29 is 30.0 Å². The van der Waals surface area contributed by atoms with Gasteiger partial charge >= 0.3 is 15.6 Å². The van der Waals surface area contributed by atoms with E-state index in [1.165, 1.54) is 0 Å². The molecule has 0 heterocycles. The summed E-state index contributed by atoms with van der Waals surface area (Å²) < 4.78 is 65.7. The highest BCUT2D eigenvalue weighted by molar-refractivity contribution is 8.34. The van der Waals surface area contributed by atoms with E-state index in [4.69, 9.17) is 0 Å². The Morgan fingerprint density at radius 2 is 1.36 bits per heavy atom. The zero-order valence-corrected chi connectivity index (χ0v) is 15.6. The minimum absolute atomic E-state index is 0.317. The van der Waals surface area contributed by atoms with Crippen LogP contribution in [0.1, 0.15) is 48.5 Å². The maximum absolute atomic E-state index is 12.7. The first kappa shape index (κ1) is 21.7. The molecule has 0 saturated carbocycles. The third-order valence-electron chi connectivity index (χ3n) is 3.29. The molecule has 134 valence electrons. The van der Waals surface area contributed by atoms with Gasteiger partial charge in [-0.3, -0.25) is 4.79 Å². The molecule has 0 aliphatic carbocycles. The van der Waals surface area contributed by atoms with Crippen LogP contribution in [0.4, 0.5) is 13.2 Å². The van der Waals surface area contributed by atoms with Crippen LogP contribution in [0.25, 0.3) is 0 Å². The molecule has 9 heteroatoms. The second kappa shape index (κ2) is 6.68. The van der Waals surface area contributed by atoms with Crippen LogP contribution in [0.2, 0.25) is 0 Å². The quantitative estimate of drug-likeness (QED) is 0.667. The molecule has 0 aromatic rings. The second-order valence-corrected chi connectivity index (χ2v) is 12.3. The van der Waals surface area contributed by atoms with Gasteiger partial charge in [0.1, 0.15) is 5.78 Å². The molecule has 0 saturated heterocycles. The average Bonchev–Trinajstić information content (AvgIpc) is 2.23. The Bertz CT molecular complexity index is 494. The summed E-state index contributed by atoms with van der Waals surface area (Å²) in [5.41, 5.74) is -6.28. The van der Waals surface area contributed by atoms with Crippen LogP contribution in [0.3, 0.4) is 0 Å². The highest BCUT2D eigenvalue weighted by atomic mass is 32.3. The molecule has 0 amide bonds. The van der Waals surface area contributed by atoms with Gasteiger partial charge < -0.3 is 0 Å². The highest BCUT2D eigenvalue weighted by Gasteiger charge is 2.53. The van der Waals surface area contributed by atoms with E-state index in [1.54, 1.807) is 48.5 Å². The van der Waals surface area contributed by atoms with Gasteiger partial charge in [0.25, 0.3) is 0 Å². The number of Topliss-reactive ketones (excluding diaryl/α,β-unsaturated/α-hetero) is 1. The van der Waals surface area contributed by atoms with Gasteiger partial charge in [0.15, 0.2) is 0 Å². The fraction of sp³-hybridized carbons (Fsp3) is 0.923. The summed E-state index contributed by atoms with van der Waals surface area (Å²) in [4.78, 5) is 12.3. The Kier molecular flexibility index (Phi) is 6.60. The van der Waals surface area contributed by atoms with Crippen molar-refractivity contribution in [1.29, 1.82) is 0 Å². The molecular formula is C13H25F3O4S2. The van der Waals surface area contributed by atoms with Crippen molar-refractivity contribution in [3.63, 3.8) is 0 Å². The molecular weight excluding hydrogens is 341 g/mol. The van der Waals surface area contributed by atoms with Gasteiger partial charge in [-0.15, -0.1) is 10.3 Å². The average molecular weight is 366 g/mol. The van der Waals surface area contributed by atoms with Crippen molar-refractivity contribution in [2.24, 2.45) is 5.41 Å². The fourth-order valence-electron chi connectivity index (χ4n) is 1.69. The van der Waals surface area contributed by atoms with E-state index >= 15 is 0 Å². The minimum atomic E-state index is -5.75. The fourth-order valence-corrected chi connectivity index (χ4v) is 7.38. The van der Waals surface area contributed by atoms with Crippen molar-refractivity contribution in [2.45, 2.75) is 64.5 Å². The Morgan fingerprint density at radius 1 is 1.00 bits per heavy atom. The van der Waals surface area contributed by atoms with Crippen molar-refractivity contribution in [2.75, 3.05) is 5.75 Å². The lowest BCUT2D eigenvalue weighted by atomic mass is 9.92. The first-order chi connectivity index (χ1) is 9.47. The van der Waals surface area contributed by atoms with Gasteiger partial charge in [-0.1, -0.05) is 48.5 Å². The molecule has 0 N–H and O–H groups in total. The molecule has 0 aliphatic rings. The minimum Gasteiger partial charge on any atom is -0.298 e. The number of ketones is 1. The van der Waals surface area contributed by atoms with E-state index in [2.05, 4.69) is 3.63 Å². The number of carbonyl (C=O) groups is 1. The second-order valence-electron chi connectivity index (χ2n) is 6.66. The van der Waals surface area contributed by atoms with Crippen molar-refractivity contribution >= 4 is 26.2 Å². The van der Waals surface area contributed by atoms with Gasteiger partial charge in [0.05, 0.1) is 5.75 Å². The maximum atomic E-state index is 12.7. The van der Waals surface area contributed by atoms with E-state index in [0.29, 0.717) is 0 Å². The van der Waals surface area contributed by atoms with Crippen LogP contribution in [0, 0.1) is 5.41 Å². The summed E-state index contributed by atoms with van der Waals surface area (Å²) in [5, 5.41) is -1.04. The molecule has 0 spiro atoms. The molecule has 0 aliphatic heterocycles. The van der Waals surface area contributed by atoms with E-state index in [1.807, 2.05) is 0 Å². The summed E-state index contributed by atoms with van der Waals surface area (Å²) in [6.07, 6.45) is 0. The predicted octanol–water partition coefficient (Wildman–Crippen LogP) is 4.00. The van der Waals surface area contributed by atoms with Gasteiger partial charge in [0.2, 0.25) is 0 Å². The number of halogens is 3. The monoisotopic (exact) mass is 366 g/mol. The number of alkyl halides is 3. The number of rotatable bonds is 6. The predicted molar refractivity (Wildman–Crippen MR) is 83.3 cm³/mol. The van der Waals surface area contributed by atoms with Crippen LogP contribution < -0.4 is 0 Å². The van der Waals surface area contributed by atoms with Crippen LogP contribution >= 0.6 is 10.3 Å². The van der Waals surface area contributed by atoms with Crippen LogP contribution in [0.5, 0.6) is 0 Å². The lowest BCUT2D eigenvalue weighted by Crippen LogP contribution is -2.38. The summed E-state index contributed by atoms with van der Waals surface area (Å²) in [5.74, 6) is -0.636. The van der Waals surface area contributed by atoms with E-state index in [-0.39, 0.29) is 11.5 Å². The van der Waals surface area contributed by atoms with Gasteiger partial charge in [-0.05, 0) is 0 Å². The topological polar surface area (TPSA) is 60.4 Å². The number of carbonyl (C=O) groups excluding carboxylic acids is 1. The molecule has 0 atom stereocenters. The summed E-state index contributed by atoms with van der Waals surface area (Å²) >= 11 is 0. The molecule has 0 unspecified atom stereocenters. The molecule has 0 rings (SSSR count).